The third kappa shape index (κ3) is 3.20. The van der Waals surface area contributed by atoms with Gasteiger partial charge in [-0.05, 0) is 40.9 Å². The van der Waals surface area contributed by atoms with E-state index < -0.39 is 5.82 Å². The van der Waals surface area contributed by atoms with Crippen LogP contribution in [0.2, 0.25) is 0 Å². The molecule has 6 heteroatoms. The van der Waals surface area contributed by atoms with Gasteiger partial charge in [0.25, 0.3) is 0 Å². The standard InChI is InChI=1S/C15H17BrFN3O/c16-12-7-14(18)15(8-13(12)17)21-9-10-5-6-20(19-10)11-3-1-2-4-11/h5-8,11H,1-4,9,18H2. The van der Waals surface area contributed by atoms with E-state index in [1.165, 1.54) is 37.8 Å². The molecule has 0 saturated heterocycles. The molecule has 112 valence electrons. The van der Waals surface area contributed by atoms with Gasteiger partial charge >= 0.3 is 0 Å². The number of hydrogen-bond acceptors (Lipinski definition) is 3. The zero-order valence-corrected chi connectivity index (χ0v) is 13.1. The number of nitrogens with two attached hydrogens (primary N) is 1. The quantitative estimate of drug-likeness (QED) is 0.843. The van der Waals surface area contributed by atoms with E-state index in [-0.39, 0.29) is 6.61 Å². The van der Waals surface area contributed by atoms with Crippen LogP contribution >= 0.6 is 15.9 Å². The monoisotopic (exact) mass is 353 g/mol. The molecule has 1 saturated carbocycles. The fraction of sp³-hybridized carbons (Fsp3) is 0.400. The van der Waals surface area contributed by atoms with E-state index in [1.807, 2.05) is 16.9 Å². The van der Waals surface area contributed by atoms with Gasteiger partial charge in [0.1, 0.15) is 18.2 Å². The van der Waals surface area contributed by atoms with Gasteiger partial charge < -0.3 is 10.5 Å². The lowest BCUT2D eigenvalue weighted by atomic mass is 10.3. The normalized spacial score (nSPS) is 15.5. The fourth-order valence-electron chi connectivity index (χ4n) is 2.65. The smallest absolute Gasteiger partial charge is 0.145 e. The van der Waals surface area contributed by atoms with Crippen LogP contribution in [0.1, 0.15) is 37.4 Å². The van der Waals surface area contributed by atoms with Gasteiger partial charge in [0.15, 0.2) is 0 Å². The number of ether oxygens (including phenoxy) is 1. The molecule has 2 N–H and O–H groups in total. The molecule has 0 unspecified atom stereocenters. The van der Waals surface area contributed by atoms with Crippen molar-refractivity contribution in [3.05, 3.63) is 40.4 Å². The van der Waals surface area contributed by atoms with Crippen LogP contribution in [0, 0.1) is 5.82 Å². The predicted octanol–water partition coefficient (Wildman–Crippen LogP) is 4.06. The van der Waals surface area contributed by atoms with Crippen molar-refractivity contribution >= 4 is 21.6 Å². The van der Waals surface area contributed by atoms with Crippen molar-refractivity contribution in [2.24, 2.45) is 0 Å². The number of hydrogen-bond donors (Lipinski definition) is 1. The minimum Gasteiger partial charge on any atom is -0.485 e. The zero-order valence-electron chi connectivity index (χ0n) is 11.6. The number of anilines is 1. The lowest BCUT2D eigenvalue weighted by Crippen LogP contribution is -2.06. The van der Waals surface area contributed by atoms with E-state index in [0.717, 1.165) is 5.69 Å². The summed E-state index contributed by atoms with van der Waals surface area (Å²) in [7, 11) is 0. The van der Waals surface area contributed by atoms with Crippen LogP contribution in [0.4, 0.5) is 10.1 Å². The number of nitrogens with zero attached hydrogens (tertiary/aromatic N) is 2. The zero-order chi connectivity index (χ0) is 14.8. The summed E-state index contributed by atoms with van der Waals surface area (Å²) < 4.78 is 21.4. The summed E-state index contributed by atoms with van der Waals surface area (Å²) in [5.41, 5.74) is 7.04. The number of rotatable bonds is 4. The first-order valence-electron chi connectivity index (χ1n) is 7.05. The molecule has 3 rings (SSSR count). The predicted molar refractivity (Wildman–Crippen MR) is 82.6 cm³/mol. The maximum Gasteiger partial charge on any atom is 0.145 e. The summed E-state index contributed by atoms with van der Waals surface area (Å²) in [5.74, 6) is -0.0539. The molecular formula is C15H17BrFN3O. The van der Waals surface area contributed by atoms with Crippen molar-refractivity contribution in [1.29, 1.82) is 0 Å². The van der Waals surface area contributed by atoms with Gasteiger partial charge in [-0.3, -0.25) is 4.68 Å². The first-order valence-corrected chi connectivity index (χ1v) is 7.84. The molecule has 0 amide bonds. The third-order valence-electron chi connectivity index (χ3n) is 3.79. The summed E-state index contributed by atoms with van der Waals surface area (Å²) in [5, 5.41) is 4.52. The molecule has 21 heavy (non-hydrogen) atoms. The van der Waals surface area contributed by atoms with Gasteiger partial charge in [0.2, 0.25) is 0 Å². The van der Waals surface area contributed by atoms with Crippen molar-refractivity contribution in [3.8, 4) is 5.75 Å². The Hall–Kier alpha value is -1.56. The van der Waals surface area contributed by atoms with Gasteiger partial charge in [-0.15, -0.1) is 0 Å². The highest BCUT2D eigenvalue weighted by Crippen LogP contribution is 2.30. The van der Waals surface area contributed by atoms with Gasteiger partial charge in [0.05, 0.1) is 21.9 Å². The molecule has 0 atom stereocenters. The fourth-order valence-corrected chi connectivity index (χ4v) is 3.01. The van der Waals surface area contributed by atoms with E-state index in [4.69, 9.17) is 10.5 Å². The number of halogens is 2. The number of aromatic nitrogens is 2. The summed E-state index contributed by atoms with van der Waals surface area (Å²) in [6, 6.07) is 5.23. The summed E-state index contributed by atoms with van der Waals surface area (Å²) in [6.07, 6.45) is 6.90. The molecule has 1 aliphatic carbocycles. The number of nitrogen functional groups attached to an aromatic ring is 1. The van der Waals surface area contributed by atoms with E-state index in [1.54, 1.807) is 0 Å². The molecule has 0 radical (unpaired) electrons. The second-order valence-electron chi connectivity index (χ2n) is 5.32. The highest BCUT2D eigenvalue weighted by molar-refractivity contribution is 9.10. The molecular weight excluding hydrogens is 337 g/mol. The molecule has 0 spiro atoms. The minimum absolute atomic E-state index is 0.283. The van der Waals surface area contributed by atoms with Crippen LogP contribution in [-0.4, -0.2) is 9.78 Å². The Balaban J connectivity index is 1.66. The Morgan fingerprint density at radius 2 is 2.14 bits per heavy atom. The largest absolute Gasteiger partial charge is 0.485 e. The maximum atomic E-state index is 13.5. The van der Waals surface area contributed by atoms with E-state index in [0.29, 0.717) is 22.0 Å². The lowest BCUT2D eigenvalue weighted by Gasteiger charge is -2.10. The van der Waals surface area contributed by atoms with Crippen molar-refractivity contribution in [3.63, 3.8) is 0 Å². The second-order valence-corrected chi connectivity index (χ2v) is 6.17. The van der Waals surface area contributed by atoms with E-state index in [2.05, 4.69) is 21.0 Å². The van der Waals surface area contributed by atoms with Crippen molar-refractivity contribution in [2.75, 3.05) is 5.73 Å². The third-order valence-corrected chi connectivity index (χ3v) is 4.40. The minimum atomic E-state index is -0.393. The Labute approximate surface area is 131 Å². The molecule has 1 aromatic carbocycles. The van der Waals surface area contributed by atoms with Gasteiger partial charge in [-0.1, -0.05) is 12.8 Å². The average Bonchev–Trinajstić information content (AvgIpc) is 3.11. The highest BCUT2D eigenvalue weighted by atomic mass is 79.9. The van der Waals surface area contributed by atoms with E-state index >= 15 is 0 Å². The van der Waals surface area contributed by atoms with Crippen LogP contribution < -0.4 is 10.5 Å². The highest BCUT2D eigenvalue weighted by Gasteiger charge is 2.17. The molecule has 0 bridgehead atoms. The molecule has 1 aromatic heterocycles. The van der Waals surface area contributed by atoms with Gasteiger partial charge in [-0.2, -0.15) is 5.10 Å². The maximum absolute atomic E-state index is 13.5. The summed E-state index contributed by atoms with van der Waals surface area (Å²) in [6.45, 7) is 0.283. The lowest BCUT2D eigenvalue weighted by molar-refractivity contribution is 0.298. The van der Waals surface area contributed by atoms with Crippen molar-refractivity contribution in [2.45, 2.75) is 38.3 Å². The average molecular weight is 354 g/mol. The molecule has 2 aromatic rings. The van der Waals surface area contributed by atoms with Crippen molar-refractivity contribution < 1.29 is 9.13 Å². The Morgan fingerprint density at radius 1 is 1.38 bits per heavy atom. The molecule has 1 aliphatic rings. The molecule has 0 aliphatic heterocycles. The number of benzene rings is 1. The topological polar surface area (TPSA) is 53.1 Å². The summed E-state index contributed by atoms with van der Waals surface area (Å²) in [4.78, 5) is 0. The Bertz CT molecular complexity index is 638. The Kier molecular flexibility index (Phi) is 4.14. The van der Waals surface area contributed by atoms with Crippen LogP contribution in [0.15, 0.2) is 28.9 Å². The van der Waals surface area contributed by atoms with Crippen molar-refractivity contribution in [1.82, 2.24) is 9.78 Å². The van der Waals surface area contributed by atoms with E-state index in [9.17, 15) is 4.39 Å². The van der Waals surface area contributed by atoms with Crippen LogP contribution in [0.25, 0.3) is 0 Å². The van der Waals surface area contributed by atoms with Crippen LogP contribution in [0.3, 0.4) is 0 Å². The molecule has 4 nitrogen and oxygen atoms in total. The Morgan fingerprint density at radius 3 is 2.90 bits per heavy atom. The summed E-state index contributed by atoms with van der Waals surface area (Å²) >= 11 is 3.09. The SMILES string of the molecule is Nc1cc(Br)c(F)cc1OCc1ccn(C2CCCC2)n1. The second kappa shape index (κ2) is 6.05. The molecule has 1 fully saturated rings. The van der Waals surface area contributed by atoms with Crippen LogP contribution in [0.5, 0.6) is 5.75 Å². The molecule has 1 heterocycles. The first kappa shape index (κ1) is 14.4. The van der Waals surface area contributed by atoms with Gasteiger partial charge in [0, 0.05) is 12.3 Å². The van der Waals surface area contributed by atoms with Crippen LogP contribution in [-0.2, 0) is 6.61 Å². The van der Waals surface area contributed by atoms with Gasteiger partial charge in [-0.25, -0.2) is 4.39 Å². The first-order chi connectivity index (χ1) is 10.1.